The fraction of sp³-hybridized carbons (Fsp3) is 0.625. The van der Waals surface area contributed by atoms with Crippen molar-refractivity contribution in [3.8, 4) is 0 Å². The zero-order valence-electron chi connectivity index (χ0n) is 11.9. The lowest BCUT2D eigenvalue weighted by molar-refractivity contribution is 0.195. The number of hydrogen-bond acceptors (Lipinski definition) is 2. The standard InChI is InChI=1S/C16H23ClN2/c1-3-13-10-18-8-4-5-15(18)11-19(13)14-7-6-12(2)16(17)9-14/h6-7,9,13,15H,3-5,8,10-11H2,1-2H3. The van der Waals surface area contributed by atoms with Gasteiger partial charge in [-0.15, -0.1) is 0 Å². The van der Waals surface area contributed by atoms with E-state index in [-0.39, 0.29) is 0 Å². The van der Waals surface area contributed by atoms with E-state index in [4.69, 9.17) is 11.6 Å². The summed E-state index contributed by atoms with van der Waals surface area (Å²) in [6, 6.07) is 7.90. The van der Waals surface area contributed by atoms with Gasteiger partial charge in [0.1, 0.15) is 0 Å². The number of benzene rings is 1. The van der Waals surface area contributed by atoms with E-state index >= 15 is 0 Å². The van der Waals surface area contributed by atoms with E-state index in [1.165, 1.54) is 38.0 Å². The van der Waals surface area contributed by atoms with Crippen LogP contribution in [0.3, 0.4) is 0 Å². The van der Waals surface area contributed by atoms with Crippen LogP contribution in [-0.2, 0) is 0 Å². The van der Waals surface area contributed by atoms with Crippen LogP contribution in [0.25, 0.3) is 0 Å². The van der Waals surface area contributed by atoms with E-state index in [9.17, 15) is 0 Å². The van der Waals surface area contributed by atoms with Gasteiger partial charge in [0, 0.05) is 35.9 Å². The normalized spacial score (nSPS) is 27.6. The molecule has 2 atom stereocenters. The van der Waals surface area contributed by atoms with Gasteiger partial charge in [0.25, 0.3) is 0 Å². The minimum absolute atomic E-state index is 0.633. The van der Waals surface area contributed by atoms with Gasteiger partial charge < -0.3 is 4.90 Å². The van der Waals surface area contributed by atoms with Crippen molar-refractivity contribution in [2.45, 2.75) is 45.2 Å². The van der Waals surface area contributed by atoms with E-state index in [1.807, 2.05) is 0 Å². The van der Waals surface area contributed by atoms with Crippen molar-refractivity contribution < 1.29 is 0 Å². The molecule has 2 saturated heterocycles. The van der Waals surface area contributed by atoms with Gasteiger partial charge in [0.15, 0.2) is 0 Å². The van der Waals surface area contributed by atoms with Crippen LogP contribution >= 0.6 is 11.6 Å². The summed E-state index contributed by atoms with van der Waals surface area (Å²) in [4.78, 5) is 5.26. The highest BCUT2D eigenvalue weighted by molar-refractivity contribution is 6.31. The molecule has 2 aliphatic heterocycles. The molecule has 0 bridgehead atoms. The average Bonchev–Trinajstić information content (AvgIpc) is 2.87. The molecule has 3 rings (SSSR count). The van der Waals surface area contributed by atoms with Gasteiger partial charge in [-0.05, 0) is 50.4 Å². The second-order valence-corrected chi connectivity index (χ2v) is 6.35. The molecule has 1 aromatic carbocycles. The van der Waals surface area contributed by atoms with Crippen molar-refractivity contribution in [1.29, 1.82) is 0 Å². The van der Waals surface area contributed by atoms with Crippen molar-refractivity contribution in [3.63, 3.8) is 0 Å². The lowest BCUT2D eigenvalue weighted by Crippen LogP contribution is -2.56. The van der Waals surface area contributed by atoms with Gasteiger partial charge in [0.05, 0.1) is 0 Å². The first-order valence-corrected chi connectivity index (χ1v) is 7.83. The van der Waals surface area contributed by atoms with Gasteiger partial charge >= 0.3 is 0 Å². The zero-order valence-corrected chi connectivity index (χ0v) is 12.7. The van der Waals surface area contributed by atoms with Crippen LogP contribution < -0.4 is 4.90 Å². The Morgan fingerprint density at radius 2 is 2.16 bits per heavy atom. The van der Waals surface area contributed by atoms with Crippen LogP contribution in [0, 0.1) is 6.92 Å². The van der Waals surface area contributed by atoms with Crippen molar-refractivity contribution in [2.24, 2.45) is 0 Å². The summed E-state index contributed by atoms with van der Waals surface area (Å²) in [7, 11) is 0. The smallest absolute Gasteiger partial charge is 0.0455 e. The lowest BCUT2D eigenvalue weighted by Gasteiger charge is -2.45. The van der Waals surface area contributed by atoms with Gasteiger partial charge in [-0.1, -0.05) is 24.6 Å². The van der Waals surface area contributed by atoms with Crippen LogP contribution in [0.4, 0.5) is 5.69 Å². The van der Waals surface area contributed by atoms with Crippen molar-refractivity contribution in [1.82, 2.24) is 4.90 Å². The van der Waals surface area contributed by atoms with Crippen LogP contribution in [-0.4, -0.2) is 36.6 Å². The Labute approximate surface area is 121 Å². The highest BCUT2D eigenvalue weighted by atomic mass is 35.5. The molecule has 2 aliphatic rings. The molecule has 0 saturated carbocycles. The molecular weight excluding hydrogens is 256 g/mol. The number of hydrogen-bond donors (Lipinski definition) is 0. The zero-order chi connectivity index (χ0) is 13.4. The lowest BCUT2D eigenvalue weighted by atomic mass is 10.0. The van der Waals surface area contributed by atoms with E-state index in [1.54, 1.807) is 0 Å². The maximum Gasteiger partial charge on any atom is 0.0455 e. The van der Waals surface area contributed by atoms with Crippen LogP contribution in [0.5, 0.6) is 0 Å². The number of fused-ring (bicyclic) bond motifs is 1. The second kappa shape index (κ2) is 5.34. The first-order chi connectivity index (χ1) is 9.19. The van der Waals surface area contributed by atoms with E-state index in [0.717, 1.165) is 23.2 Å². The van der Waals surface area contributed by atoms with Crippen LogP contribution in [0.2, 0.25) is 5.02 Å². The van der Waals surface area contributed by atoms with Crippen LogP contribution in [0.15, 0.2) is 18.2 Å². The fourth-order valence-electron chi connectivity index (χ4n) is 3.51. The highest BCUT2D eigenvalue weighted by Crippen LogP contribution is 2.31. The Bertz CT molecular complexity index is 460. The SMILES string of the molecule is CCC1CN2CCCC2CN1c1ccc(C)c(Cl)c1. The molecule has 0 aliphatic carbocycles. The maximum absolute atomic E-state index is 6.30. The predicted octanol–water partition coefficient (Wildman–Crippen LogP) is 3.71. The highest BCUT2D eigenvalue weighted by Gasteiger charge is 2.35. The number of nitrogens with zero attached hydrogens (tertiary/aromatic N) is 2. The Morgan fingerprint density at radius 3 is 2.89 bits per heavy atom. The summed E-state index contributed by atoms with van der Waals surface area (Å²) < 4.78 is 0. The fourth-order valence-corrected chi connectivity index (χ4v) is 3.69. The molecule has 3 heteroatoms. The second-order valence-electron chi connectivity index (χ2n) is 5.94. The molecule has 0 spiro atoms. The minimum atomic E-state index is 0.633. The third-order valence-corrected chi connectivity index (χ3v) is 5.16. The largest absolute Gasteiger partial charge is 0.366 e. The number of rotatable bonds is 2. The minimum Gasteiger partial charge on any atom is -0.366 e. The average molecular weight is 279 g/mol. The number of aryl methyl sites for hydroxylation is 1. The Hall–Kier alpha value is -0.730. The molecule has 1 aromatic rings. The molecule has 0 amide bonds. The third-order valence-electron chi connectivity index (χ3n) is 4.75. The molecule has 0 N–H and O–H groups in total. The third kappa shape index (κ3) is 2.48. The number of anilines is 1. The van der Waals surface area contributed by atoms with Crippen LogP contribution in [0.1, 0.15) is 31.7 Å². The Balaban J connectivity index is 1.86. The molecule has 2 unspecified atom stereocenters. The first-order valence-electron chi connectivity index (χ1n) is 7.46. The Kier molecular flexibility index (Phi) is 3.72. The van der Waals surface area contributed by atoms with E-state index < -0.39 is 0 Å². The molecular formula is C16H23ClN2. The maximum atomic E-state index is 6.30. The molecule has 2 fully saturated rings. The van der Waals surface area contributed by atoms with Crippen molar-refractivity contribution in [3.05, 3.63) is 28.8 Å². The number of halogens is 1. The van der Waals surface area contributed by atoms with Gasteiger partial charge in [0.2, 0.25) is 0 Å². The van der Waals surface area contributed by atoms with Gasteiger partial charge in [-0.2, -0.15) is 0 Å². The molecule has 19 heavy (non-hydrogen) atoms. The first kappa shape index (κ1) is 13.3. The van der Waals surface area contributed by atoms with Gasteiger partial charge in [-0.25, -0.2) is 0 Å². The van der Waals surface area contributed by atoms with Gasteiger partial charge in [-0.3, -0.25) is 4.90 Å². The summed E-state index contributed by atoms with van der Waals surface area (Å²) in [6.45, 7) is 8.04. The summed E-state index contributed by atoms with van der Waals surface area (Å²) in [6.07, 6.45) is 3.92. The van der Waals surface area contributed by atoms with Crippen molar-refractivity contribution >= 4 is 17.3 Å². The topological polar surface area (TPSA) is 6.48 Å². The summed E-state index contributed by atoms with van der Waals surface area (Å²) in [5.74, 6) is 0. The predicted molar refractivity (Wildman–Crippen MR) is 82.2 cm³/mol. The molecule has 2 nitrogen and oxygen atoms in total. The quantitative estimate of drug-likeness (QED) is 0.814. The van der Waals surface area contributed by atoms with E-state index in [0.29, 0.717) is 6.04 Å². The molecule has 104 valence electrons. The molecule has 0 aromatic heterocycles. The van der Waals surface area contributed by atoms with E-state index in [2.05, 4.69) is 41.8 Å². The molecule has 2 heterocycles. The summed E-state index contributed by atoms with van der Waals surface area (Å²) in [5, 5.41) is 0.890. The summed E-state index contributed by atoms with van der Waals surface area (Å²) >= 11 is 6.30. The monoisotopic (exact) mass is 278 g/mol. The van der Waals surface area contributed by atoms with Crippen molar-refractivity contribution in [2.75, 3.05) is 24.5 Å². The Morgan fingerprint density at radius 1 is 1.32 bits per heavy atom. The summed E-state index contributed by atoms with van der Waals surface area (Å²) in [5.41, 5.74) is 2.46. The molecule has 0 radical (unpaired) electrons. The number of piperazine rings is 1.